The third-order valence-corrected chi connectivity index (χ3v) is 4.21. The number of aliphatic carboxylic acids is 1. The average Bonchev–Trinajstić information content (AvgIpc) is 2.96. The lowest BCUT2D eigenvalue weighted by atomic mass is 9.99. The van der Waals surface area contributed by atoms with Gasteiger partial charge in [0.2, 0.25) is 5.91 Å². The summed E-state index contributed by atoms with van der Waals surface area (Å²) in [6.45, 7) is -0.0337. The van der Waals surface area contributed by atoms with Gasteiger partial charge in [0.05, 0.1) is 6.61 Å². The van der Waals surface area contributed by atoms with Crippen LogP contribution in [0.2, 0.25) is 0 Å². The Kier molecular flexibility index (Phi) is 7.60. The molecule has 0 bridgehead atoms. The van der Waals surface area contributed by atoms with Crippen LogP contribution in [0.3, 0.4) is 0 Å². The SMILES string of the molecule is O=C(CCCN1C(=O)C=CC1=O)NCCOC1OC(C(=O)O)C(O)C(O)C1O. The quantitative estimate of drug-likeness (QED) is 0.194. The van der Waals surface area contributed by atoms with Crippen LogP contribution in [0.25, 0.3) is 0 Å². The van der Waals surface area contributed by atoms with E-state index in [1.807, 2.05) is 0 Å². The number of carbonyl (C=O) groups is 4. The van der Waals surface area contributed by atoms with Crippen molar-refractivity contribution in [1.82, 2.24) is 10.2 Å². The van der Waals surface area contributed by atoms with E-state index in [9.17, 15) is 34.5 Å². The number of ether oxygens (including phenoxy) is 2. The van der Waals surface area contributed by atoms with Crippen molar-refractivity contribution in [3.63, 3.8) is 0 Å². The summed E-state index contributed by atoms with van der Waals surface area (Å²) in [7, 11) is 0. The lowest BCUT2D eigenvalue weighted by molar-refractivity contribution is -0.293. The Morgan fingerprint density at radius 1 is 1.11 bits per heavy atom. The summed E-state index contributed by atoms with van der Waals surface area (Å²) in [5.74, 6) is -2.72. The van der Waals surface area contributed by atoms with Gasteiger partial charge in [0.1, 0.15) is 18.3 Å². The topological polar surface area (TPSA) is 183 Å². The van der Waals surface area contributed by atoms with E-state index >= 15 is 0 Å². The molecule has 2 rings (SSSR count). The van der Waals surface area contributed by atoms with Crippen LogP contribution in [0.1, 0.15) is 12.8 Å². The zero-order valence-electron chi connectivity index (χ0n) is 14.8. The predicted molar refractivity (Wildman–Crippen MR) is 88.4 cm³/mol. The number of hydrogen-bond donors (Lipinski definition) is 5. The van der Waals surface area contributed by atoms with Gasteiger partial charge in [0.25, 0.3) is 11.8 Å². The maximum atomic E-state index is 11.7. The Bertz CT molecular complexity index is 633. The van der Waals surface area contributed by atoms with Crippen LogP contribution in [-0.4, -0.2) is 99.4 Å². The molecule has 0 aromatic carbocycles. The van der Waals surface area contributed by atoms with Gasteiger partial charge in [-0.2, -0.15) is 0 Å². The number of nitrogens with zero attached hydrogens (tertiary/aromatic N) is 1. The summed E-state index contributed by atoms with van der Waals surface area (Å²) in [6, 6.07) is 0. The molecule has 1 fully saturated rings. The third kappa shape index (κ3) is 5.33. The van der Waals surface area contributed by atoms with E-state index in [0.29, 0.717) is 0 Å². The second-order valence-electron chi connectivity index (χ2n) is 6.22. The first kappa shape index (κ1) is 21.9. The molecule has 12 heteroatoms. The zero-order valence-corrected chi connectivity index (χ0v) is 14.8. The summed E-state index contributed by atoms with van der Waals surface area (Å²) in [4.78, 5) is 46.4. The molecule has 0 radical (unpaired) electrons. The van der Waals surface area contributed by atoms with E-state index in [1.165, 1.54) is 0 Å². The van der Waals surface area contributed by atoms with Gasteiger partial charge in [-0.3, -0.25) is 19.3 Å². The molecule has 5 N–H and O–H groups in total. The van der Waals surface area contributed by atoms with Gasteiger partial charge >= 0.3 is 5.97 Å². The first-order chi connectivity index (χ1) is 13.2. The minimum absolute atomic E-state index is 0.00489. The Hall–Kier alpha value is -2.38. The maximum absolute atomic E-state index is 11.7. The number of carbonyl (C=O) groups excluding carboxylic acids is 3. The van der Waals surface area contributed by atoms with Gasteiger partial charge in [0.15, 0.2) is 12.4 Å². The fourth-order valence-electron chi connectivity index (χ4n) is 2.69. The number of imide groups is 1. The highest BCUT2D eigenvalue weighted by Crippen LogP contribution is 2.22. The molecule has 1 saturated heterocycles. The molecule has 0 spiro atoms. The number of rotatable bonds is 9. The minimum atomic E-state index is -1.81. The van der Waals surface area contributed by atoms with E-state index in [4.69, 9.17) is 14.6 Å². The number of carboxylic acid groups (broad SMARTS) is 1. The Balaban J connectivity index is 1.65. The number of nitrogens with one attached hydrogen (secondary N) is 1. The molecule has 0 saturated carbocycles. The van der Waals surface area contributed by atoms with Crippen molar-refractivity contribution in [3.05, 3.63) is 12.2 Å². The summed E-state index contributed by atoms with van der Waals surface area (Å²) in [5, 5.41) is 40.4. The molecule has 2 aliphatic rings. The van der Waals surface area contributed by atoms with Crippen LogP contribution in [0, 0.1) is 0 Å². The largest absolute Gasteiger partial charge is 0.479 e. The molecule has 2 heterocycles. The molecule has 12 nitrogen and oxygen atoms in total. The van der Waals surface area contributed by atoms with Crippen molar-refractivity contribution in [2.24, 2.45) is 0 Å². The molecular formula is C16H22N2O10. The van der Waals surface area contributed by atoms with Crippen LogP contribution < -0.4 is 5.32 Å². The van der Waals surface area contributed by atoms with Gasteiger partial charge in [-0.25, -0.2) is 4.79 Å². The Morgan fingerprint density at radius 3 is 2.36 bits per heavy atom. The van der Waals surface area contributed by atoms with Crippen molar-refractivity contribution in [2.75, 3.05) is 19.7 Å². The monoisotopic (exact) mass is 402 g/mol. The van der Waals surface area contributed by atoms with E-state index in [-0.39, 0.29) is 38.4 Å². The molecule has 0 aromatic rings. The smallest absolute Gasteiger partial charge is 0.335 e. The predicted octanol–water partition coefficient (Wildman–Crippen LogP) is -3.28. The van der Waals surface area contributed by atoms with Crippen LogP contribution in [0.15, 0.2) is 12.2 Å². The fraction of sp³-hybridized carbons (Fsp3) is 0.625. The van der Waals surface area contributed by atoms with E-state index in [2.05, 4.69) is 5.32 Å². The van der Waals surface area contributed by atoms with Crippen molar-refractivity contribution in [2.45, 2.75) is 43.5 Å². The molecule has 156 valence electrons. The molecule has 0 aliphatic carbocycles. The first-order valence-corrected chi connectivity index (χ1v) is 8.56. The summed E-state index contributed by atoms with van der Waals surface area (Å²) in [6.07, 6.45) is -5.83. The number of aliphatic hydroxyl groups excluding tert-OH is 3. The molecule has 5 unspecified atom stereocenters. The van der Waals surface area contributed by atoms with Gasteiger partial charge in [-0.15, -0.1) is 0 Å². The van der Waals surface area contributed by atoms with Crippen molar-refractivity contribution in [1.29, 1.82) is 0 Å². The highest BCUT2D eigenvalue weighted by Gasteiger charge is 2.47. The van der Waals surface area contributed by atoms with Gasteiger partial charge < -0.3 is 35.2 Å². The summed E-state index contributed by atoms with van der Waals surface area (Å²) >= 11 is 0. The first-order valence-electron chi connectivity index (χ1n) is 8.56. The number of aliphatic hydroxyl groups is 3. The highest BCUT2D eigenvalue weighted by molar-refractivity contribution is 6.12. The van der Waals surface area contributed by atoms with E-state index in [1.54, 1.807) is 0 Å². The zero-order chi connectivity index (χ0) is 20.8. The normalized spacial score (nSPS) is 30.0. The van der Waals surface area contributed by atoms with E-state index in [0.717, 1.165) is 17.1 Å². The van der Waals surface area contributed by atoms with Gasteiger partial charge in [0, 0.05) is 31.7 Å². The second kappa shape index (κ2) is 9.71. The number of hydrogen-bond acceptors (Lipinski definition) is 9. The van der Waals surface area contributed by atoms with E-state index < -0.39 is 48.5 Å². The minimum Gasteiger partial charge on any atom is -0.479 e. The second-order valence-corrected chi connectivity index (χ2v) is 6.22. The molecule has 3 amide bonds. The highest BCUT2D eigenvalue weighted by atomic mass is 16.7. The Labute approximate surface area is 159 Å². The van der Waals surface area contributed by atoms with Crippen LogP contribution in [0.5, 0.6) is 0 Å². The van der Waals surface area contributed by atoms with Crippen molar-refractivity contribution < 1.29 is 49.1 Å². The van der Waals surface area contributed by atoms with Crippen LogP contribution >= 0.6 is 0 Å². The maximum Gasteiger partial charge on any atom is 0.335 e. The molecule has 5 atom stereocenters. The summed E-state index contributed by atoms with van der Waals surface area (Å²) in [5.41, 5.74) is 0. The van der Waals surface area contributed by atoms with Gasteiger partial charge in [-0.1, -0.05) is 0 Å². The van der Waals surface area contributed by atoms with Crippen molar-refractivity contribution in [3.8, 4) is 0 Å². The average molecular weight is 402 g/mol. The van der Waals surface area contributed by atoms with Crippen molar-refractivity contribution >= 4 is 23.7 Å². The molecule has 0 aromatic heterocycles. The summed E-state index contributed by atoms with van der Waals surface area (Å²) < 4.78 is 10.1. The molecule has 28 heavy (non-hydrogen) atoms. The standard InChI is InChI=1S/C16H22N2O10/c19-8(2-1-6-18-9(20)3-4-10(18)21)17-5-7-27-16-13(24)11(22)12(23)14(28-16)15(25)26/h3-4,11-14,16,22-24H,1-2,5-7H2,(H,17,19)(H,25,26). The number of amides is 3. The Morgan fingerprint density at radius 2 is 1.75 bits per heavy atom. The van der Waals surface area contributed by atoms with Gasteiger partial charge in [-0.05, 0) is 6.42 Å². The molecule has 2 aliphatic heterocycles. The molecular weight excluding hydrogens is 380 g/mol. The fourth-order valence-corrected chi connectivity index (χ4v) is 2.69. The lowest BCUT2D eigenvalue weighted by Crippen LogP contribution is -2.60. The van der Waals surface area contributed by atoms with Crippen LogP contribution in [0.4, 0.5) is 0 Å². The number of carboxylic acids is 1. The van der Waals surface area contributed by atoms with Crippen LogP contribution in [-0.2, 0) is 28.7 Å². The third-order valence-electron chi connectivity index (χ3n) is 4.21. The lowest BCUT2D eigenvalue weighted by Gasteiger charge is -2.38.